The summed E-state index contributed by atoms with van der Waals surface area (Å²) in [5.74, 6) is 0.392. The highest BCUT2D eigenvalue weighted by atomic mass is 16.6. The Hall–Kier alpha value is -2.01. The summed E-state index contributed by atoms with van der Waals surface area (Å²) in [6.45, 7) is 4.00. The maximum Gasteiger partial charge on any atom is 0.219 e. The van der Waals surface area contributed by atoms with Gasteiger partial charge in [0.05, 0.1) is 6.42 Å². The van der Waals surface area contributed by atoms with E-state index >= 15 is 0 Å². The maximum absolute atomic E-state index is 9.95. The molecule has 0 amide bonds. The molecule has 2 rings (SSSR count). The van der Waals surface area contributed by atoms with Crippen LogP contribution in [0.15, 0.2) is 30.6 Å². The zero-order chi connectivity index (χ0) is 14.4. The lowest BCUT2D eigenvalue weighted by atomic mass is 10.2. The monoisotopic (exact) mass is 273 g/mol. The van der Waals surface area contributed by atoms with Gasteiger partial charge in [0, 0.05) is 23.1 Å². The zero-order valence-corrected chi connectivity index (χ0v) is 11.8. The predicted octanol–water partition coefficient (Wildman–Crippen LogP) is 2.07. The largest absolute Gasteiger partial charge is 0.448 e. The average molecular weight is 273 g/mol. The Morgan fingerprint density at radius 2 is 2.10 bits per heavy atom. The van der Waals surface area contributed by atoms with Gasteiger partial charge in [-0.15, -0.1) is 0 Å². The molecular formula is C15H19N3O2. The fourth-order valence-electron chi connectivity index (χ4n) is 1.91. The quantitative estimate of drug-likeness (QED) is 0.816. The number of rotatable bonds is 6. The fraction of sp³-hybridized carbons (Fsp3) is 0.400. The maximum atomic E-state index is 9.95. The highest BCUT2D eigenvalue weighted by Gasteiger charge is 2.10. The van der Waals surface area contributed by atoms with Crippen molar-refractivity contribution in [2.24, 2.45) is 0 Å². The number of nitrogens with zero attached hydrogens (tertiary/aromatic N) is 3. The molecule has 0 saturated heterocycles. The van der Waals surface area contributed by atoms with Gasteiger partial charge in [0.2, 0.25) is 12.2 Å². The van der Waals surface area contributed by atoms with Crippen LogP contribution in [0.2, 0.25) is 0 Å². The van der Waals surface area contributed by atoms with Crippen LogP contribution in [0.4, 0.5) is 0 Å². The molecule has 0 fully saturated rings. The van der Waals surface area contributed by atoms with Gasteiger partial charge in [-0.05, 0) is 25.5 Å². The molecule has 1 N–H and O–H groups in total. The van der Waals surface area contributed by atoms with Crippen LogP contribution >= 0.6 is 0 Å². The van der Waals surface area contributed by atoms with Gasteiger partial charge in [-0.1, -0.05) is 19.4 Å². The SMILES string of the molecule is CCCc1cc(OC(O)Cc2cccc(C)n2)ncn1. The average Bonchev–Trinajstić information content (AvgIpc) is 2.39. The van der Waals surface area contributed by atoms with Crippen LogP contribution in [-0.2, 0) is 12.8 Å². The van der Waals surface area contributed by atoms with E-state index in [1.54, 1.807) is 6.07 Å². The van der Waals surface area contributed by atoms with Gasteiger partial charge in [-0.25, -0.2) is 9.97 Å². The van der Waals surface area contributed by atoms with Crippen LogP contribution in [0.3, 0.4) is 0 Å². The van der Waals surface area contributed by atoms with Crippen molar-refractivity contribution >= 4 is 0 Å². The number of aryl methyl sites for hydroxylation is 2. The number of ether oxygens (including phenoxy) is 1. The molecule has 2 aromatic heterocycles. The summed E-state index contributed by atoms with van der Waals surface area (Å²) < 4.78 is 5.41. The fourth-order valence-corrected chi connectivity index (χ4v) is 1.91. The first-order valence-corrected chi connectivity index (χ1v) is 6.75. The molecule has 0 aliphatic heterocycles. The molecule has 5 nitrogen and oxygen atoms in total. The zero-order valence-electron chi connectivity index (χ0n) is 11.8. The Kier molecular flexibility index (Phi) is 5.01. The number of aliphatic hydroxyl groups is 1. The first-order valence-electron chi connectivity index (χ1n) is 6.75. The molecular weight excluding hydrogens is 254 g/mol. The molecule has 2 aromatic rings. The second-order valence-corrected chi connectivity index (χ2v) is 4.64. The molecule has 0 radical (unpaired) electrons. The van der Waals surface area contributed by atoms with Gasteiger partial charge in [0.15, 0.2) is 0 Å². The minimum absolute atomic E-state index is 0.328. The van der Waals surface area contributed by atoms with Gasteiger partial charge < -0.3 is 9.84 Å². The van der Waals surface area contributed by atoms with Crippen LogP contribution in [0.5, 0.6) is 5.88 Å². The molecule has 0 aromatic carbocycles. The molecule has 1 atom stereocenters. The first-order chi connectivity index (χ1) is 9.67. The van der Waals surface area contributed by atoms with Crippen molar-refractivity contribution in [1.29, 1.82) is 0 Å². The first kappa shape index (κ1) is 14.4. The third-order valence-electron chi connectivity index (χ3n) is 2.79. The molecule has 0 spiro atoms. The highest BCUT2D eigenvalue weighted by molar-refractivity contribution is 5.14. The number of aromatic nitrogens is 3. The number of aliphatic hydroxyl groups excluding tert-OH is 1. The summed E-state index contributed by atoms with van der Waals surface area (Å²) in [5.41, 5.74) is 2.63. The lowest BCUT2D eigenvalue weighted by Crippen LogP contribution is -2.20. The van der Waals surface area contributed by atoms with E-state index in [9.17, 15) is 5.11 Å². The minimum atomic E-state index is -0.964. The van der Waals surface area contributed by atoms with E-state index < -0.39 is 6.29 Å². The van der Waals surface area contributed by atoms with Crippen molar-refractivity contribution in [3.63, 3.8) is 0 Å². The second-order valence-electron chi connectivity index (χ2n) is 4.64. The van der Waals surface area contributed by atoms with Gasteiger partial charge in [0.1, 0.15) is 6.33 Å². The van der Waals surface area contributed by atoms with Crippen LogP contribution < -0.4 is 4.74 Å². The molecule has 1 unspecified atom stereocenters. The number of pyridine rings is 1. The lowest BCUT2D eigenvalue weighted by Gasteiger charge is -2.12. The van der Waals surface area contributed by atoms with E-state index in [0.29, 0.717) is 12.3 Å². The van der Waals surface area contributed by atoms with E-state index in [4.69, 9.17) is 4.74 Å². The second kappa shape index (κ2) is 6.96. The summed E-state index contributed by atoms with van der Waals surface area (Å²) >= 11 is 0. The lowest BCUT2D eigenvalue weighted by molar-refractivity contribution is -0.0199. The Morgan fingerprint density at radius 1 is 1.25 bits per heavy atom. The van der Waals surface area contributed by atoms with Gasteiger partial charge in [-0.2, -0.15) is 0 Å². The molecule has 5 heteroatoms. The topological polar surface area (TPSA) is 68.1 Å². The Morgan fingerprint density at radius 3 is 2.85 bits per heavy atom. The van der Waals surface area contributed by atoms with Crippen LogP contribution in [0, 0.1) is 6.92 Å². The summed E-state index contributed by atoms with van der Waals surface area (Å²) in [6.07, 6.45) is 2.70. The van der Waals surface area contributed by atoms with Crippen LogP contribution in [0.1, 0.15) is 30.4 Å². The Labute approximate surface area is 118 Å². The summed E-state index contributed by atoms with van der Waals surface area (Å²) in [7, 11) is 0. The highest BCUT2D eigenvalue weighted by Crippen LogP contribution is 2.11. The number of hydrogen-bond acceptors (Lipinski definition) is 5. The number of hydrogen-bond donors (Lipinski definition) is 1. The van der Waals surface area contributed by atoms with Crippen molar-refractivity contribution in [3.8, 4) is 5.88 Å². The van der Waals surface area contributed by atoms with Crippen LogP contribution in [-0.4, -0.2) is 26.3 Å². The van der Waals surface area contributed by atoms with Gasteiger partial charge >= 0.3 is 0 Å². The van der Waals surface area contributed by atoms with Crippen molar-refractivity contribution < 1.29 is 9.84 Å². The third kappa shape index (κ3) is 4.28. The summed E-state index contributed by atoms with van der Waals surface area (Å²) in [5, 5.41) is 9.95. The standard InChI is InChI=1S/C15H19N3O2/c1-3-5-12-8-14(17-10-16-12)20-15(19)9-13-7-4-6-11(2)18-13/h4,6-8,10,15,19H,3,5,9H2,1-2H3. The molecule has 2 heterocycles. The third-order valence-corrected chi connectivity index (χ3v) is 2.79. The minimum Gasteiger partial charge on any atom is -0.448 e. The van der Waals surface area contributed by atoms with Crippen molar-refractivity contribution in [2.45, 2.75) is 39.4 Å². The Bertz CT molecular complexity index is 560. The van der Waals surface area contributed by atoms with E-state index in [-0.39, 0.29) is 0 Å². The van der Waals surface area contributed by atoms with E-state index in [0.717, 1.165) is 29.9 Å². The van der Waals surface area contributed by atoms with E-state index in [1.807, 2.05) is 25.1 Å². The summed E-state index contributed by atoms with van der Waals surface area (Å²) in [6, 6.07) is 7.45. The van der Waals surface area contributed by atoms with E-state index in [1.165, 1.54) is 6.33 Å². The smallest absolute Gasteiger partial charge is 0.219 e. The predicted molar refractivity (Wildman–Crippen MR) is 75.3 cm³/mol. The Balaban J connectivity index is 1.97. The normalized spacial score (nSPS) is 12.2. The van der Waals surface area contributed by atoms with Crippen molar-refractivity contribution in [1.82, 2.24) is 15.0 Å². The molecule has 106 valence electrons. The molecule has 0 aliphatic carbocycles. The van der Waals surface area contributed by atoms with Gasteiger partial charge in [0.25, 0.3) is 0 Å². The van der Waals surface area contributed by atoms with Crippen molar-refractivity contribution in [2.75, 3.05) is 0 Å². The molecule has 0 aliphatic rings. The van der Waals surface area contributed by atoms with E-state index in [2.05, 4.69) is 21.9 Å². The van der Waals surface area contributed by atoms with Gasteiger partial charge in [-0.3, -0.25) is 4.98 Å². The molecule has 0 bridgehead atoms. The molecule has 0 saturated carbocycles. The van der Waals surface area contributed by atoms with Crippen LogP contribution in [0.25, 0.3) is 0 Å². The summed E-state index contributed by atoms with van der Waals surface area (Å²) in [4.78, 5) is 12.5. The molecule has 20 heavy (non-hydrogen) atoms. The van der Waals surface area contributed by atoms with Crippen molar-refractivity contribution in [3.05, 3.63) is 47.7 Å².